The van der Waals surface area contributed by atoms with Gasteiger partial charge in [0.1, 0.15) is 10.6 Å². The first-order chi connectivity index (χ1) is 10.9. The first-order valence-electron chi connectivity index (χ1n) is 8.13. The van der Waals surface area contributed by atoms with Gasteiger partial charge in [-0.2, -0.15) is 4.31 Å². The summed E-state index contributed by atoms with van der Waals surface area (Å²) in [6, 6.07) is 0.0687. The molecule has 0 bridgehead atoms. The SMILES string of the molecule is Cc1noc(C)c1S(=O)(=O)N1CCC(NC(=O)C2CCC2)CC1. The van der Waals surface area contributed by atoms with E-state index >= 15 is 0 Å². The molecule has 0 unspecified atom stereocenters. The molecule has 0 spiro atoms. The highest BCUT2D eigenvalue weighted by molar-refractivity contribution is 7.89. The molecule has 0 aromatic carbocycles. The summed E-state index contributed by atoms with van der Waals surface area (Å²) in [7, 11) is -3.58. The Hall–Kier alpha value is -1.41. The topological polar surface area (TPSA) is 92.5 Å². The van der Waals surface area contributed by atoms with Crippen molar-refractivity contribution in [3.63, 3.8) is 0 Å². The molecule has 23 heavy (non-hydrogen) atoms. The Kier molecular flexibility index (Phi) is 4.46. The van der Waals surface area contributed by atoms with Gasteiger partial charge in [0, 0.05) is 25.0 Å². The van der Waals surface area contributed by atoms with E-state index < -0.39 is 10.0 Å². The molecule has 1 aromatic heterocycles. The molecule has 1 aliphatic carbocycles. The van der Waals surface area contributed by atoms with E-state index in [1.165, 1.54) is 4.31 Å². The Morgan fingerprint density at radius 2 is 1.87 bits per heavy atom. The number of amides is 1. The number of hydrogen-bond donors (Lipinski definition) is 1. The molecular weight excluding hydrogens is 318 g/mol. The van der Waals surface area contributed by atoms with Crippen molar-refractivity contribution in [3.05, 3.63) is 11.5 Å². The summed E-state index contributed by atoms with van der Waals surface area (Å²) in [5.74, 6) is 0.616. The molecule has 0 radical (unpaired) electrons. The highest BCUT2D eigenvalue weighted by Gasteiger charge is 2.35. The first-order valence-corrected chi connectivity index (χ1v) is 9.57. The Bertz CT molecular complexity index is 666. The lowest BCUT2D eigenvalue weighted by Gasteiger charge is -2.33. The Labute approximate surface area is 136 Å². The van der Waals surface area contributed by atoms with E-state index in [1.807, 2.05) is 0 Å². The van der Waals surface area contributed by atoms with Crippen LogP contribution in [0.5, 0.6) is 0 Å². The molecule has 2 heterocycles. The minimum absolute atomic E-state index is 0.0687. The van der Waals surface area contributed by atoms with Crippen LogP contribution in [-0.2, 0) is 14.8 Å². The second-order valence-electron chi connectivity index (χ2n) is 6.47. The number of aryl methyl sites for hydroxylation is 2. The Morgan fingerprint density at radius 1 is 1.22 bits per heavy atom. The fraction of sp³-hybridized carbons (Fsp3) is 0.733. The number of sulfonamides is 1. The zero-order valence-corrected chi connectivity index (χ0v) is 14.4. The van der Waals surface area contributed by atoms with Gasteiger partial charge in [0.05, 0.1) is 0 Å². The predicted octanol–water partition coefficient (Wildman–Crippen LogP) is 1.36. The molecule has 128 valence electrons. The van der Waals surface area contributed by atoms with Gasteiger partial charge >= 0.3 is 0 Å². The number of hydrogen-bond acceptors (Lipinski definition) is 5. The fourth-order valence-electron chi connectivity index (χ4n) is 3.20. The van der Waals surface area contributed by atoms with Gasteiger partial charge in [-0.1, -0.05) is 11.6 Å². The minimum atomic E-state index is -3.58. The van der Waals surface area contributed by atoms with E-state index in [9.17, 15) is 13.2 Å². The molecular formula is C15H23N3O4S. The molecule has 0 atom stereocenters. The average molecular weight is 341 g/mol. The van der Waals surface area contributed by atoms with Gasteiger partial charge in [-0.15, -0.1) is 0 Å². The number of aromatic nitrogens is 1. The maximum absolute atomic E-state index is 12.7. The summed E-state index contributed by atoms with van der Waals surface area (Å²) < 4.78 is 31.9. The molecule has 8 heteroatoms. The quantitative estimate of drug-likeness (QED) is 0.893. The van der Waals surface area contributed by atoms with Crippen LogP contribution in [0, 0.1) is 19.8 Å². The lowest BCUT2D eigenvalue weighted by Crippen LogP contribution is -2.48. The van der Waals surface area contributed by atoms with Crippen molar-refractivity contribution in [3.8, 4) is 0 Å². The summed E-state index contributed by atoms with van der Waals surface area (Å²) in [4.78, 5) is 12.2. The maximum atomic E-state index is 12.7. The standard InChI is InChI=1S/C15H23N3O4S/c1-10-14(11(2)22-17-10)23(20,21)18-8-6-13(7-9-18)16-15(19)12-4-3-5-12/h12-13H,3-9H2,1-2H3,(H,16,19). The smallest absolute Gasteiger partial charge is 0.248 e. The van der Waals surface area contributed by atoms with Crippen LogP contribution in [0.1, 0.15) is 43.6 Å². The second-order valence-corrected chi connectivity index (χ2v) is 8.34. The van der Waals surface area contributed by atoms with Crippen molar-refractivity contribution in [2.45, 2.75) is 56.9 Å². The van der Waals surface area contributed by atoms with Gasteiger partial charge in [0.2, 0.25) is 15.9 Å². The predicted molar refractivity (Wildman–Crippen MR) is 83.2 cm³/mol. The molecule has 7 nitrogen and oxygen atoms in total. The third-order valence-electron chi connectivity index (χ3n) is 4.84. The van der Waals surface area contributed by atoms with E-state index in [-0.39, 0.29) is 22.8 Å². The Morgan fingerprint density at radius 3 is 2.35 bits per heavy atom. The van der Waals surface area contributed by atoms with Crippen molar-refractivity contribution in [1.29, 1.82) is 0 Å². The summed E-state index contributed by atoms with van der Waals surface area (Å²) in [6.07, 6.45) is 4.37. The monoisotopic (exact) mass is 341 g/mol. The van der Waals surface area contributed by atoms with Crippen LogP contribution in [0.4, 0.5) is 0 Å². The van der Waals surface area contributed by atoms with Gasteiger partial charge < -0.3 is 9.84 Å². The molecule has 1 amide bonds. The second kappa shape index (κ2) is 6.24. The van der Waals surface area contributed by atoms with Gasteiger partial charge in [-0.3, -0.25) is 4.79 Å². The molecule has 1 saturated heterocycles. The van der Waals surface area contributed by atoms with Gasteiger partial charge in [0.15, 0.2) is 5.76 Å². The summed E-state index contributed by atoms with van der Waals surface area (Å²) in [5, 5.41) is 6.79. The highest BCUT2D eigenvalue weighted by atomic mass is 32.2. The zero-order valence-electron chi connectivity index (χ0n) is 13.5. The number of nitrogens with one attached hydrogen (secondary N) is 1. The molecule has 2 aliphatic rings. The fourth-order valence-corrected chi connectivity index (χ4v) is 4.96. The normalized spacial score (nSPS) is 21.1. The molecule has 1 aromatic rings. The highest BCUT2D eigenvalue weighted by Crippen LogP contribution is 2.28. The van der Waals surface area contributed by atoms with E-state index in [0.29, 0.717) is 37.4 Å². The van der Waals surface area contributed by atoms with Crippen LogP contribution < -0.4 is 5.32 Å². The number of nitrogens with zero attached hydrogens (tertiary/aromatic N) is 2. The van der Waals surface area contributed by atoms with Crippen LogP contribution in [0.15, 0.2) is 9.42 Å². The lowest BCUT2D eigenvalue weighted by atomic mass is 9.84. The van der Waals surface area contributed by atoms with E-state index in [2.05, 4.69) is 10.5 Å². The van der Waals surface area contributed by atoms with E-state index in [0.717, 1.165) is 19.3 Å². The summed E-state index contributed by atoms with van der Waals surface area (Å²) in [6.45, 7) is 4.05. The van der Waals surface area contributed by atoms with Crippen molar-refractivity contribution < 1.29 is 17.7 Å². The number of carbonyl (C=O) groups excluding carboxylic acids is 1. The number of rotatable bonds is 4. The van der Waals surface area contributed by atoms with Crippen LogP contribution in [0.2, 0.25) is 0 Å². The van der Waals surface area contributed by atoms with E-state index in [4.69, 9.17) is 4.52 Å². The average Bonchev–Trinajstić information content (AvgIpc) is 2.77. The largest absolute Gasteiger partial charge is 0.360 e. The van der Waals surface area contributed by atoms with Crippen LogP contribution in [0.3, 0.4) is 0 Å². The van der Waals surface area contributed by atoms with Gasteiger partial charge in [-0.25, -0.2) is 8.42 Å². The lowest BCUT2D eigenvalue weighted by molar-refractivity contribution is -0.128. The third-order valence-corrected chi connectivity index (χ3v) is 6.99. The van der Waals surface area contributed by atoms with Crippen molar-refractivity contribution in [2.75, 3.05) is 13.1 Å². The minimum Gasteiger partial charge on any atom is -0.360 e. The van der Waals surface area contributed by atoms with Crippen LogP contribution in [0.25, 0.3) is 0 Å². The van der Waals surface area contributed by atoms with Crippen LogP contribution in [-0.4, -0.2) is 42.9 Å². The molecule has 1 saturated carbocycles. The first kappa shape index (κ1) is 16.4. The van der Waals surface area contributed by atoms with Crippen molar-refractivity contribution in [2.24, 2.45) is 5.92 Å². The number of carbonyl (C=O) groups is 1. The van der Waals surface area contributed by atoms with Crippen LogP contribution >= 0.6 is 0 Å². The van der Waals surface area contributed by atoms with Crippen molar-refractivity contribution in [1.82, 2.24) is 14.8 Å². The zero-order chi connectivity index (χ0) is 16.6. The molecule has 3 rings (SSSR count). The van der Waals surface area contributed by atoms with E-state index in [1.54, 1.807) is 13.8 Å². The maximum Gasteiger partial charge on any atom is 0.248 e. The summed E-state index contributed by atoms with van der Waals surface area (Å²) in [5.41, 5.74) is 0.392. The summed E-state index contributed by atoms with van der Waals surface area (Å²) >= 11 is 0. The van der Waals surface area contributed by atoms with Gasteiger partial charge in [-0.05, 0) is 39.5 Å². The molecule has 1 N–H and O–H groups in total. The molecule has 2 fully saturated rings. The van der Waals surface area contributed by atoms with Gasteiger partial charge in [0.25, 0.3) is 0 Å². The number of piperidine rings is 1. The van der Waals surface area contributed by atoms with Crippen molar-refractivity contribution >= 4 is 15.9 Å². The molecule has 1 aliphatic heterocycles. The Balaban J connectivity index is 1.61. The third kappa shape index (κ3) is 3.14.